The van der Waals surface area contributed by atoms with Gasteiger partial charge in [0, 0.05) is 6.42 Å². The van der Waals surface area contributed by atoms with Crippen molar-refractivity contribution in [3.05, 3.63) is 18.2 Å². The molecule has 1 fully saturated rings. The second-order valence-corrected chi connectivity index (χ2v) is 5.86. The maximum absolute atomic E-state index is 5.90. The molecule has 22 heavy (non-hydrogen) atoms. The van der Waals surface area contributed by atoms with Gasteiger partial charge >= 0.3 is 0 Å². The highest BCUT2D eigenvalue weighted by atomic mass is 16.5. The molecule has 3 atom stereocenters. The number of rotatable bonds is 7. The van der Waals surface area contributed by atoms with Crippen LogP contribution in [0.25, 0.3) is 0 Å². The molecule has 0 bridgehead atoms. The Morgan fingerprint density at radius 2 is 1.68 bits per heavy atom. The molecule has 2 rings (SSSR count). The molecule has 1 N–H and O–H groups in total. The molecular weight excluding hydrogens is 282 g/mol. The summed E-state index contributed by atoms with van der Waals surface area (Å²) in [6, 6.07) is 5.66. The molecule has 1 aromatic carbocycles. The van der Waals surface area contributed by atoms with Gasteiger partial charge in [-0.15, -0.1) is 0 Å². The molecule has 1 saturated heterocycles. The van der Waals surface area contributed by atoms with Gasteiger partial charge in [-0.3, -0.25) is 0 Å². The molecule has 0 radical (unpaired) electrons. The van der Waals surface area contributed by atoms with E-state index in [4.69, 9.17) is 18.9 Å². The first kappa shape index (κ1) is 16.9. The van der Waals surface area contributed by atoms with E-state index in [0.717, 1.165) is 26.1 Å². The summed E-state index contributed by atoms with van der Waals surface area (Å²) < 4.78 is 22.3. The fourth-order valence-electron chi connectivity index (χ4n) is 3.05. The lowest BCUT2D eigenvalue weighted by atomic mass is 10.2. The van der Waals surface area contributed by atoms with Gasteiger partial charge in [0.25, 0.3) is 0 Å². The van der Waals surface area contributed by atoms with Crippen molar-refractivity contribution in [2.24, 2.45) is 0 Å². The van der Waals surface area contributed by atoms with Crippen LogP contribution in [0.2, 0.25) is 0 Å². The van der Waals surface area contributed by atoms with Crippen LogP contribution in [0.1, 0.15) is 20.3 Å². The molecule has 5 heteroatoms. The van der Waals surface area contributed by atoms with E-state index in [-0.39, 0.29) is 0 Å². The molecule has 0 aromatic heterocycles. The number of morpholine rings is 1. The predicted molar refractivity (Wildman–Crippen MR) is 85.2 cm³/mol. The minimum atomic E-state index is 0.342. The van der Waals surface area contributed by atoms with Crippen molar-refractivity contribution in [2.75, 3.05) is 40.5 Å². The zero-order valence-corrected chi connectivity index (χ0v) is 14.1. The van der Waals surface area contributed by atoms with Crippen molar-refractivity contribution in [2.45, 2.75) is 32.5 Å². The van der Waals surface area contributed by atoms with Crippen LogP contribution in [0, 0.1) is 0 Å². The van der Waals surface area contributed by atoms with Crippen LogP contribution in [-0.2, 0) is 4.74 Å². The predicted octanol–water partition coefficient (Wildman–Crippen LogP) is 1.16. The number of quaternary nitrogens is 1. The zero-order chi connectivity index (χ0) is 15.9. The van der Waals surface area contributed by atoms with E-state index >= 15 is 0 Å². The summed E-state index contributed by atoms with van der Waals surface area (Å²) in [5, 5.41) is 0. The third-order valence-corrected chi connectivity index (χ3v) is 3.92. The molecule has 0 spiro atoms. The quantitative estimate of drug-likeness (QED) is 0.768. The number of hydrogen-bond acceptors (Lipinski definition) is 4. The van der Waals surface area contributed by atoms with Crippen molar-refractivity contribution in [3.8, 4) is 17.2 Å². The first-order chi connectivity index (χ1) is 10.6. The normalized spacial score (nSPS) is 24.8. The topological polar surface area (TPSA) is 41.4 Å². The number of nitrogens with one attached hydrogen (secondary N) is 1. The summed E-state index contributed by atoms with van der Waals surface area (Å²) in [4.78, 5) is 1.59. The van der Waals surface area contributed by atoms with Crippen LogP contribution in [-0.4, -0.2) is 52.7 Å². The maximum atomic E-state index is 5.90. The molecular formula is C17H28NO4+. The number of methoxy groups -OCH3 is 2. The van der Waals surface area contributed by atoms with Crippen LogP contribution in [0.4, 0.5) is 0 Å². The van der Waals surface area contributed by atoms with E-state index in [1.54, 1.807) is 19.1 Å². The summed E-state index contributed by atoms with van der Waals surface area (Å²) in [7, 11) is 3.28. The number of para-hydroxylation sites is 1. The van der Waals surface area contributed by atoms with Crippen molar-refractivity contribution in [1.82, 2.24) is 0 Å². The fraction of sp³-hybridized carbons (Fsp3) is 0.647. The molecule has 1 aliphatic heterocycles. The van der Waals surface area contributed by atoms with E-state index in [0.29, 0.717) is 36.1 Å². The smallest absolute Gasteiger partial charge is 0.203 e. The Kier molecular flexibility index (Phi) is 6.34. The molecule has 1 aliphatic rings. The monoisotopic (exact) mass is 310 g/mol. The molecule has 0 amide bonds. The van der Waals surface area contributed by atoms with Gasteiger partial charge in [0.15, 0.2) is 11.5 Å². The van der Waals surface area contributed by atoms with Crippen LogP contribution in [0.15, 0.2) is 18.2 Å². The summed E-state index contributed by atoms with van der Waals surface area (Å²) in [5.41, 5.74) is 0. The Balaban J connectivity index is 1.81. The van der Waals surface area contributed by atoms with Gasteiger partial charge in [0.2, 0.25) is 5.75 Å². The van der Waals surface area contributed by atoms with Crippen LogP contribution < -0.4 is 19.1 Å². The lowest BCUT2D eigenvalue weighted by Crippen LogP contribution is -3.15. The average molecular weight is 310 g/mol. The second kappa shape index (κ2) is 8.25. The molecule has 1 aromatic rings. The van der Waals surface area contributed by atoms with Gasteiger partial charge in [-0.25, -0.2) is 0 Å². The standard InChI is InChI=1S/C17H27NO4/c1-13-11-18(12-14(2)22-13)9-6-10-21-17-15(19-3)7-5-8-16(17)20-4/h5,7-8,13-14H,6,9-12H2,1-4H3/p+1/t13-,14+. The molecule has 5 nitrogen and oxygen atoms in total. The summed E-state index contributed by atoms with van der Waals surface area (Å²) >= 11 is 0. The van der Waals surface area contributed by atoms with Crippen molar-refractivity contribution >= 4 is 0 Å². The van der Waals surface area contributed by atoms with Gasteiger partial charge in [0.05, 0.1) is 27.4 Å². The first-order valence-corrected chi connectivity index (χ1v) is 7.96. The number of ether oxygens (including phenoxy) is 4. The van der Waals surface area contributed by atoms with Crippen LogP contribution >= 0.6 is 0 Å². The average Bonchev–Trinajstić information content (AvgIpc) is 2.50. The SMILES string of the molecule is COc1cccc(OC)c1OCCC[NH+]1C[C@@H](C)O[C@@H](C)C1. The van der Waals surface area contributed by atoms with Gasteiger partial charge in [-0.1, -0.05) is 6.07 Å². The first-order valence-electron chi connectivity index (χ1n) is 7.96. The minimum absolute atomic E-state index is 0.342. The third-order valence-electron chi connectivity index (χ3n) is 3.92. The van der Waals surface area contributed by atoms with Gasteiger partial charge in [-0.2, -0.15) is 0 Å². The lowest BCUT2D eigenvalue weighted by molar-refractivity contribution is -0.915. The largest absolute Gasteiger partial charge is 0.493 e. The zero-order valence-electron chi connectivity index (χ0n) is 14.1. The molecule has 0 saturated carbocycles. The lowest BCUT2D eigenvalue weighted by Gasteiger charge is -2.32. The van der Waals surface area contributed by atoms with Crippen molar-refractivity contribution in [3.63, 3.8) is 0 Å². The maximum Gasteiger partial charge on any atom is 0.203 e. The van der Waals surface area contributed by atoms with Crippen molar-refractivity contribution in [1.29, 1.82) is 0 Å². The summed E-state index contributed by atoms with van der Waals surface area (Å²) in [6.45, 7) is 8.18. The van der Waals surface area contributed by atoms with Crippen molar-refractivity contribution < 1.29 is 23.8 Å². The van der Waals surface area contributed by atoms with Gasteiger partial charge in [-0.05, 0) is 26.0 Å². The number of benzene rings is 1. The van der Waals surface area contributed by atoms with E-state index in [1.807, 2.05) is 18.2 Å². The van der Waals surface area contributed by atoms with E-state index < -0.39 is 0 Å². The van der Waals surface area contributed by atoms with Gasteiger partial charge in [0.1, 0.15) is 25.3 Å². The van der Waals surface area contributed by atoms with E-state index in [2.05, 4.69) is 13.8 Å². The number of hydrogen-bond donors (Lipinski definition) is 1. The van der Waals surface area contributed by atoms with E-state index in [9.17, 15) is 0 Å². The Morgan fingerprint density at radius 1 is 1.09 bits per heavy atom. The van der Waals surface area contributed by atoms with Crippen LogP contribution in [0.5, 0.6) is 17.2 Å². The summed E-state index contributed by atoms with van der Waals surface area (Å²) in [5.74, 6) is 2.10. The fourth-order valence-corrected chi connectivity index (χ4v) is 3.05. The molecule has 1 heterocycles. The Morgan fingerprint density at radius 3 is 2.23 bits per heavy atom. The minimum Gasteiger partial charge on any atom is -0.493 e. The van der Waals surface area contributed by atoms with Gasteiger partial charge < -0.3 is 23.8 Å². The molecule has 0 aliphatic carbocycles. The highest BCUT2D eigenvalue weighted by Gasteiger charge is 2.25. The highest BCUT2D eigenvalue weighted by Crippen LogP contribution is 2.36. The molecule has 1 unspecified atom stereocenters. The summed E-state index contributed by atoms with van der Waals surface area (Å²) in [6.07, 6.45) is 1.68. The Labute approximate surface area is 133 Å². The van der Waals surface area contributed by atoms with E-state index in [1.165, 1.54) is 0 Å². The second-order valence-electron chi connectivity index (χ2n) is 5.86. The Hall–Kier alpha value is -1.46. The van der Waals surface area contributed by atoms with Crippen LogP contribution in [0.3, 0.4) is 0 Å². The third kappa shape index (κ3) is 4.52. The Bertz CT molecular complexity index is 434. The molecule has 124 valence electrons. The highest BCUT2D eigenvalue weighted by molar-refractivity contribution is 5.51.